The zero-order valence-electron chi connectivity index (χ0n) is 10.6. The second-order valence-corrected chi connectivity index (χ2v) is 4.51. The number of carboxylic acid groups (broad SMARTS) is 1. The van der Waals surface area contributed by atoms with Gasteiger partial charge in [0.15, 0.2) is 0 Å². The summed E-state index contributed by atoms with van der Waals surface area (Å²) >= 11 is 0. The fraction of sp³-hybridized carbons (Fsp3) is 0.917. The van der Waals surface area contributed by atoms with E-state index in [1.54, 1.807) is 0 Å². The van der Waals surface area contributed by atoms with E-state index in [4.69, 9.17) is 10.2 Å². The van der Waals surface area contributed by atoms with E-state index in [0.717, 1.165) is 38.6 Å². The maximum atomic E-state index is 10.3. The highest BCUT2D eigenvalue weighted by Gasteiger charge is 2.05. The molecule has 5 nitrogen and oxygen atoms in total. The SMILES string of the molecule is CN(CCCCCCCC(=O)O)CC(O)CO. The maximum absolute atomic E-state index is 10.3. The number of hydrogen-bond acceptors (Lipinski definition) is 4. The molecule has 102 valence electrons. The second-order valence-electron chi connectivity index (χ2n) is 4.51. The fourth-order valence-corrected chi connectivity index (χ4v) is 1.70. The van der Waals surface area contributed by atoms with Crippen molar-refractivity contribution in [1.29, 1.82) is 0 Å². The Morgan fingerprint density at radius 2 is 1.76 bits per heavy atom. The number of aliphatic hydroxyl groups excluding tert-OH is 2. The molecule has 0 aliphatic heterocycles. The molecule has 0 aliphatic rings. The summed E-state index contributed by atoms with van der Waals surface area (Å²) in [6.07, 6.45) is 4.52. The Balaban J connectivity index is 3.24. The van der Waals surface area contributed by atoms with Gasteiger partial charge in [-0.05, 0) is 26.4 Å². The Kier molecular flexibility index (Phi) is 10.1. The van der Waals surface area contributed by atoms with Crippen LogP contribution in [-0.2, 0) is 4.79 Å². The first kappa shape index (κ1) is 16.4. The molecule has 0 spiro atoms. The Morgan fingerprint density at radius 3 is 2.35 bits per heavy atom. The summed E-state index contributed by atoms with van der Waals surface area (Å²) in [4.78, 5) is 12.3. The summed E-state index contributed by atoms with van der Waals surface area (Å²) in [7, 11) is 1.92. The summed E-state index contributed by atoms with van der Waals surface area (Å²) in [5.74, 6) is -0.720. The second kappa shape index (κ2) is 10.5. The predicted molar refractivity (Wildman–Crippen MR) is 65.9 cm³/mol. The molecule has 0 rings (SSSR count). The highest BCUT2D eigenvalue weighted by molar-refractivity contribution is 5.66. The molecule has 0 aromatic rings. The van der Waals surface area contributed by atoms with E-state index in [2.05, 4.69) is 0 Å². The molecule has 0 saturated heterocycles. The van der Waals surface area contributed by atoms with Crippen LogP contribution < -0.4 is 0 Å². The molecule has 3 N–H and O–H groups in total. The van der Waals surface area contributed by atoms with Crippen LogP contribution in [0.25, 0.3) is 0 Å². The van der Waals surface area contributed by atoms with Crippen molar-refractivity contribution in [1.82, 2.24) is 4.90 Å². The van der Waals surface area contributed by atoms with Gasteiger partial charge < -0.3 is 20.2 Å². The zero-order valence-corrected chi connectivity index (χ0v) is 10.6. The van der Waals surface area contributed by atoms with Crippen molar-refractivity contribution in [2.45, 2.75) is 44.6 Å². The van der Waals surface area contributed by atoms with E-state index in [-0.39, 0.29) is 13.0 Å². The quantitative estimate of drug-likeness (QED) is 0.468. The molecule has 0 saturated carbocycles. The monoisotopic (exact) mass is 247 g/mol. The largest absolute Gasteiger partial charge is 0.481 e. The minimum atomic E-state index is -0.720. The number of rotatable bonds is 11. The Hall–Kier alpha value is -0.650. The molecule has 1 atom stereocenters. The number of aliphatic carboxylic acids is 1. The van der Waals surface area contributed by atoms with Gasteiger partial charge in [0.2, 0.25) is 0 Å². The molecule has 0 aromatic carbocycles. The first-order valence-electron chi connectivity index (χ1n) is 6.25. The lowest BCUT2D eigenvalue weighted by Gasteiger charge is -2.18. The topological polar surface area (TPSA) is 81.0 Å². The van der Waals surface area contributed by atoms with E-state index in [9.17, 15) is 9.90 Å². The van der Waals surface area contributed by atoms with Gasteiger partial charge in [0.25, 0.3) is 0 Å². The average Bonchev–Trinajstić information content (AvgIpc) is 2.27. The van der Waals surface area contributed by atoms with Crippen LogP contribution in [0.3, 0.4) is 0 Å². The van der Waals surface area contributed by atoms with Gasteiger partial charge in [0.1, 0.15) is 0 Å². The van der Waals surface area contributed by atoms with Gasteiger partial charge in [-0.15, -0.1) is 0 Å². The van der Waals surface area contributed by atoms with E-state index in [0.29, 0.717) is 6.54 Å². The lowest BCUT2D eigenvalue weighted by atomic mass is 10.1. The van der Waals surface area contributed by atoms with Gasteiger partial charge in [0, 0.05) is 13.0 Å². The number of likely N-dealkylation sites (N-methyl/N-ethyl adjacent to an activating group) is 1. The van der Waals surface area contributed by atoms with Crippen LogP contribution in [0, 0.1) is 0 Å². The van der Waals surface area contributed by atoms with Crippen molar-refractivity contribution in [2.24, 2.45) is 0 Å². The Labute approximate surface area is 103 Å². The van der Waals surface area contributed by atoms with E-state index < -0.39 is 12.1 Å². The molecule has 5 heteroatoms. The molecule has 0 amide bonds. The van der Waals surface area contributed by atoms with Gasteiger partial charge >= 0.3 is 5.97 Å². The molecule has 0 heterocycles. The molecular formula is C12H25NO4. The standard InChI is InChI=1S/C12H25NO4/c1-13(9-11(15)10-14)8-6-4-2-3-5-7-12(16)17/h11,14-15H,2-10H2,1H3,(H,16,17). The number of unbranched alkanes of at least 4 members (excludes halogenated alkanes) is 4. The van der Waals surface area contributed by atoms with Gasteiger partial charge in [0.05, 0.1) is 12.7 Å². The summed E-state index contributed by atoms with van der Waals surface area (Å²) in [6.45, 7) is 1.20. The van der Waals surface area contributed by atoms with E-state index in [1.165, 1.54) is 0 Å². The van der Waals surface area contributed by atoms with Crippen LogP contribution in [-0.4, -0.2) is 59.0 Å². The first-order chi connectivity index (χ1) is 8.06. The summed E-state index contributed by atoms with van der Waals surface area (Å²) < 4.78 is 0. The van der Waals surface area contributed by atoms with Crippen LogP contribution in [0.15, 0.2) is 0 Å². The number of carbonyl (C=O) groups is 1. The molecule has 0 aliphatic carbocycles. The highest BCUT2D eigenvalue weighted by Crippen LogP contribution is 2.06. The summed E-state index contributed by atoms with van der Waals surface area (Å²) in [5.41, 5.74) is 0. The lowest BCUT2D eigenvalue weighted by Crippen LogP contribution is -2.31. The molecule has 17 heavy (non-hydrogen) atoms. The fourth-order valence-electron chi connectivity index (χ4n) is 1.70. The van der Waals surface area contributed by atoms with Crippen LogP contribution in [0.4, 0.5) is 0 Å². The van der Waals surface area contributed by atoms with Crippen LogP contribution in [0.2, 0.25) is 0 Å². The van der Waals surface area contributed by atoms with E-state index >= 15 is 0 Å². The van der Waals surface area contributed by atoms with Crippen molar-refractivity contribution >= 4 is 5.97 Å². The molecule has 0 radical (unpaired) electrons. The van der Waals surface area contributed by atoms with Crippen molar-refractivity contribution in [2.75, 3.05) is 26.7 Å². The lowest BCUT2D eigenvalue weighted by molar-refractivity contribution is -0.137. The minimum Gasteiger partial charge on any atom is -0.481 e. The Morgan fingerprint density at radius 1 is 1.18 bits per heavy atom. The summed E-state index contributed by atoms with van der Waals surface area (Å²) in [6, 6.07) is 0. The van der Waals surface area contributed by atoms with Gasteiger partial charge in [-0.3, -0.25) is 4.79 Å². The van der Waals surface area contributed by atoms with Crippen molar-refractivity contribution in [3.63, 3.8) is 0 Å². The molecule has 0 aromatic heterocycles. The number of carboxylic acids is 1. The van der Waals surface area contributed by atoms with Gasteiger partial charge in [-0.25, -0.2) is 0 Å². The number of nitrogens with zero attached hydrogens (tertiary/aromatic N) is 1. The van der Waals surface area contributed by atoms with E-state index in [1.807, 2.05) is 11.9 Å². The smallest absolute Gasteiger partial charge is 0.303 e. The average molecular weight is 247 g/mol. The Bertz CT molecular complexity index is 199. The normalized spacial score (nSPS) is 12.9. The molecular weight excluding hydrogens is 222 g/mol. The van der Waals surface area contributed by atoms with Crippen LogP contribution in [0.1, 0.15) is 38.5 Å². The predicted octanol–water partition coefficient (Wildman–Crippen LogP) is 0.697. The third-order valence-electron chi connectivity index (χ3n) is 2.66. The zero-order chi connectivity index (χ0) is 13.1. The highest BCUT2D eigenvalue weighted by atomic mass is 16.4. The summed E-state index contributed by atoms with van der Waals surface area (Å²) in [5, 5.41) is 26.3. The van der Waals surface area contributed by atoms with Crippen molar-refractivity contribution < 1.29 is 20.1 Å². The third kappa shape index (κ3) is 11.6. The molecule has 0 bridgehead atoms. The molecule has 1 unspecified atom stereocenters. The molecule has 0 fully saturated rings. The van der Waals surface area contributed by atoms with Crippen LogP contribution >= 0.6 is 0 Å². The maximum Gasteiger partial charge on any atom is 0.303 e. The van der Waals surface area contributed by atoms with Gasteiger partial charge in [-0.1, -0.05) is 19.3 Å². The third-order valence-corrected chi connectivity index (χ3v) is 2.66. The van der Waals surface area contributed by atoms with Crippen molar-refractivity contribution in [3.05, 3.63) is 0 Å². The van der Waals surface area contributed by atoms with Crippen molar-refractivity contribution in [3.8, 4) is 0 Å². The number of aliphatic hydroxyl groups is 2. The van der Waals surface area contributed by atoms with Gasteiger partial charge in [-0.2, -0.15) is 0 Å². The first-order valence-corrected chi connectivity index (χ1v) is 6.25. The minimum absolute atomic E-state index is 0.195. The van der Waals surface area contributed by atoms with Crippen LogP contribution in [0.5, 0.6) is 0 Å². The number of hydrogen-bond donors (Lipinski definition) is 3.